The van der Waals surface area contributed by atoms with Crippen LogP contribution in [0.4, 0.5) is 17.1 Å². The highest BCUT2D eigenvalue weighted by atomic mass is 16.3. The molecule has 0 amide bonds. The van der Waals surface area contributed by atoms with Crippen LogP contribution in [0.3, 0.4) is 0 Å². The maximum atomic E-state index is 6.33. The molecule has 6 aromatic carbocycles. The van der Waals surface area contributed by atoms with E-state index in [0.717, 1.165) is 83.3 Å². The summed E-state index contributed by atoms with van der Waals surface area (Å²) in [5.74, 6) is 0. The number of aromatic nitrogens is 2. The van der Waals surface area contributed by atoms with Crippen LogP contribution in [0.2, 0.25) is 0 Å². The average Bonchev–Trinajstić information content (AvgIpc) is 3.78. The third kappa shape index (κ3) is 4.94. The van der Waals surface area contributed by atoms with Crippen LogP contribution in [0.1, 0.15) is 0 Å². The van der Waals surface area contributed by atoms with Crippen LogP contribution in [0.5, 0.6) is 0 Å². The van der Waals surface area contributed by atoms with Gasteiger partial charge in [0.1, 0.15) is 22.4 Å². The van der Waals surface area contributed by atoms with Crippen molar-refractivity contribution in [3.8, 4) is 33.5 Å². The summed E-state index contributed by atoms with van der Waals surface area (Å²) in [6.45, 7) is 0. The lowest BCUT2D eigenvalue weighted by Crippen LogP contribution is -2.09. The molecule has 0 aliphatic rings. The molecule has 0 radical (unpaired) electrons. The van der Waals surface area contributed by atoms with Crippen molar-refractivity contribution in [3.63, 3.8) is 0 Å². The van der Waals surface area contributed by atoms with Gasteiger partial charge in [-0.15, -0.1) is 0 Å². The largest absolute Gasteiger partial charge is 0.455 e. The molecule has 0 bridgehead atoms. The van der Waals surface area contributed by atoms with Crippen LogP contribution in [0, 0.1) is 0 Å². The molecule has 10 rings (SSSR count). The molecule has 0 aliphatic heterocycles. The number of benzene rings is 6. The number of furan rings is 2. The van der Waals surface area contributed by atoms with Crippen LogP contribution in [0.25, 0.3) is 77.4 Å². The molecule has 5 heteroatoms. The van der Waals surface area contributed by atoms with Gasteiger partial charge in [-0.2, -0.15) is 0 Å². The van der Waals surface area contributed by atoms with Gasteiger partial charge in [-0.1, -0.05) is 103 Å². The molecule has 0 spiro atoms. The first-order valence-corrected chi connectivity index (χ1v) is 17.0. The van der Waals surface area contributed by atoms with Crippen LogP contribution >= 0.6 is 0 Å². The standard InChI is InChI=1S/C46H29N3O2/c1-2-8-30(9-3-1)31-14-20-34(21-15-31)49(35-22-16-32(17-23-35)40-28-47-29-41-38-11-5-7-13-43(38)50-45(40)41)36-24-18-33(19-25-36)44-46-39(26-27-48-44)37-10-4-6-12-42(37)51-46/h1-29H. The third-order valence-electron chi connectivity index (χ3n) is 9.65. The lowest BCUT2D eigenvalue weighted by Gasteiger charge is -2.26. The van der Waals surface area contributed by atoms with Crippen LogP contribution in [-0.4, -0.2) is 9.97 Å². The predicted molar refractivity (Wildman–Crippen MR) is 208 cm³/mol. The molecular formula is C46H29N3O2. The van der Waals surface area contributed by atoms with E-state index in [-0.39, 0.29) is 0 Å². The zero-order valence-corrected chi connectivity index (χ0v) is 27.4. The van der Waals surface area contributed by atoms with Crippen LogP contribution in [-0.2, 0) is 0 Å². The van der Waals surface area contributed by atoms with Gasteiger partial charge in [0, 0.05) is 68.3 Å². The molecular weight excluding hydrogens is 627 g/mol. The molecule has 5 nitrogen and oxygen atoms in total. The van der Waals surface area contributed by atoms with Crippen LogP contribution < -0.4 is 4.90 Å². The Hall–Kier alpha value is -6.98. The van der Waals surface area contributed by atoms with Gasteiger partial charge in [-0.05, 0) is 71.3 Å². The summed E-state index contributed by atoms with van der Waals surface area (Å²) in [6, 6.07) is 54.6. The zero-order valence-electron chi connectivity index (χ0n) is 27.4. The van der Waals surface area contributed by atoms with Crippen LogP contribution in [0.15, 0.2) is 185 Å². The Morgan fingerprint density at radius 1 is 0.392 bits per heavy atom. The summed E-state index contributed by atoms with van der Waals surface area (Å²) in [6.07, 6.45) is 5.62. The van der Waals surface area contributed by atoms with Crippen molar-refractivity contribution >= 4 is 60.9 Å². The first-order valence-electron chi connectivity index (χ1n) is 17.0. The first-order chi connectivity index (χ1) is 25.3. The van der Waals surface area contributed by atoms with E-state index in [1.807, 2.05) is 67.1 Å². The highest BCUT2D eigenvalue weighted by molar-refractivity contribution is 6.10. The molecule has 4 heterocycles. The van der Waals surface area contributed by atoms with Gasteiger partial charge >= 0.3 is 0 Å². The quantitative estimate of drug-likeness (QED) is 0.178. The molecule has 0 aliphatic carbocycles. The number of rotatable bonds is 6. The average molecular weight is 656 g/mol. The Morgan fingerprint density at radius 2 is 0.922 bits per heavy atom. The fourth-order valence-corrected chi connectivity index (χ4v) is 7.14. The Kier molecular flexibility index (Phi) is 6.74. The van der Waals surface area contributed by atoms with Crippen molar-refractivity contribution < 1.29 is 8.83 Å². The molecule has 0 fully saturated rings. The summed E-state index contributed by atoms with van der Waals surface area (Å²) >= 11 is 0. The minimum atomic E-state index is 0.796. The van der Waals surface area contributed by atoms with Crippen molar-refractivity contribution in [3.05, 3.63) is 176 Å². The first kappa shape index (κ1) is 29.0. The summed E-state index contributed by atoms with van der Waals surface area (Å²) in [5.41, 5.74) is 12.6. The maximum absolute atomic E-state index is 6.33. The number of hydrogen-bond donors (Lipinski definition) is 0. The maximum Gasteiger partial charge on any atom is 0.161 e. The normalized spacial score (nSPS) is 11.5. The van der Waals surface area contributed by atoms with Gasteiger partial charge in [0.25, 0.3) is 0 Å². The second-order valence-corrected chi connectivity index (χ2v) is 12.6. The molecule has 0 atom stereocenters. The topological polar surface area (TPSA) is 55.3 Å². The number of hydrogen-bond acceptors (Lipinski definition) is 5. The smallest absolute Gasteiger partial charge is 0.161 e. The number of pyridine rings is 2. The second kappa shape index (κ2) is 11.9. The molecule has 0 unspecified atom stereocenters. The lowest BCUT2D eigenvalue weighted by atomic mass is 10.0. The van der Waals surface area contributed by atoms with Gasteiger partial charge in [0.2, 0.25) is 0 Å². The van der Waals surface area contributed by atoms with Crippen molar-refractivity contribution in [2.24, 2.45) is 0 Å². The number of fused-ring (bicyclic) bond motifs is 6. The Labute approximate surface area is 293 Å². The molecule has 240 valence electrons. The highest BCUT2D eigenvalue weighted by Crippen LogP contribution is 2.40. The monoisotopic (exact) mass is 655 g/mol. The predicted octanol–water partition coefficient (Wildman–Crippen LogP) is 12.7. The van der Waals surface area contributed by atoms with E-state index < -0.39 is 0 Å². The molecule has 51 heavy (non-hydrogen) atoms. The Morgan fingerprint density at radius 3 is 1.59 bits per heavy atom. The van der Waals surface area contributed by atoms with Crippen molar-refractivity contribution in [2.75, 3.05) is 4.90 Å². The zero-order chi connectivity index (χ0) is 33.7. The van der Waals surface area contributed by atoms with Gasteiger partial charge in [0.05, 0.1) is 0 Å². The number of nitrogens with zero attached hydrogens (tertiary/aromatic N) is 3. The van der Waals surface area contributed by atoms with E-state index in [0.29, 0.717) is 0 Å². The molecule has 4 aromatic heterocycles. The van der Waals surface area contributed by atoms with E-state index in [4.69, 9.17) is 13.8 Å². The Bertz CT molecular complexity index is 2680. The minimum absolute atomic E-state index is 0.796. The highest BCUT2D eigenvalue weighted by Gasteiger charge is 2.18. The SMILES string of the molecule is c1ccc(-c2ccc(N(c3ccc(-c4cncc5c4oc4ccccc45)cc3)c3ccc(-c4nccc5c4oc4ccccc45)cc3)cc2)cc1. The van der Waals surface area contributed by atoms with Crippen molar-refractivity contribution in [1.29, 1.82) is 0 Å². The molecule has 10 aromatic rings. The van der Waals surface area contributed by atoms with Gasteiger partial charge in [-0.25, -0.2) is 0 Å². The van der Waals surface area contributed by atoms with E-state index in [2.05, 4.69) is 119 Å². The molecule has 0 N–H and O–H groups in total. The second-order valence-electron chi connectivity index (χ2n) is 12.6. The fraction of sp³-hybridized carbons (Fsp3) is 0. The number of anilines is 3. The van der Waals surface area contributed by atoms with Crippen molar-refractivity contribution in [2.45, 2.75) is 0 Å². The van der Waals surface area contributed by atoms with Crippen molar-refractivity contribution in [1.82, 2.24) is 9.97 Å². The summed E-state index contributed by atoms with van der Waals surface area (Å²) in [5, 5.41) is 4.24. The fourth-order valence-electron chi connectivity index (χ4n) is 7.14. The minimum Gasteiger partial charge on any atom is -0.455 e. The number of para-hydroxylation sites is 2. The summed E-state index contributed by atoms with van der Waals surface area (Å²) in [7, 11) is 0. The Balaban J connectivity index is 1.06. The van der Waals surface area contributed by atoms with Gasteiger partial charge in [-0.3, -0.25) is 9.97 Å². The summed E-state index contributed by atoms with van der Waals surface area (Å²) < 4.78 is 12.6. The van der Waals surface area contributed by atoms with E-state index in [1.54, 1.807) is 0 Å². The molecule has 0 saturated carbocycles. The summed E-state index contributed by atoms with van der Waals surface area (Å²) in [4.78, 5) is 11.6. The van der Waals surface area contributed by atoms with Gasteiger partial charge < -0.3 is 13.7 Å². The lowest BCUT2D eigenvalue weighted by molar-refractivity contribution is 0.668. The van der Waals surface area contributed by atoms with E-state index >= 15 is 0 Å². The van der Waals surface area contributed by atoms with E-state index in [1.165, 1.54) is 11.1 Å². The molecule has 0 saturated heterocycles. The van der Waals surface area contributed by atoms with Gasteiger partial charge in [0.15, 0.2) is 5.58 Å². The third-order valence-corrected chi connectivity index (χ3v) is 9.65. The van der Waals surface area contributed by atoms with E-state index in [9.17, 15) is 0 Å².